The van der Waals surface area contributed by atoms with Crippen molar-refractivity contribution in [1.29, 1.82) is 0 Å². The standard InChI is InChI=1S/C27H30ClN3O6S2/c1-19-5-12-25(20(2)17-19)30-38(33,34)26-18-21(6-11-24(26)28)27(32)29-13-16-37-22-7-9-23(10-8-22)39(35,36)31-14-3-4-15-31/h5-12,17-18,30H,3-4,13-16H2,1-2H3,(H,29,32). The Morgan fingerprint density at radius 2 is 1.64 bits per heavy atom. The third kappa shape index (κ3) is 6.91. The highest BCUT2D eigenvalue weighted by molar-refractivity contribution is 7.92. The predicted octanol–water partition coefficient (Wildman–Crippen LogP) is 4.35. The van der Waals surface area contributed by atoms with Crippen molar-refractivity contribution in [3.05, 3.63) is 82.4 Å². The van der Waals surface area contributed by atoms with Gasteiger partial charge in [0.25, 0.3) is 15.9 Å². The lowest BCUT2D eigenvalue weighted by atomic mass is 10.1. The van der Waals surface area contributed by atoms with Gasteiger partial charge in [-0.3, -0.25) is 9.52 Å². The van der Waals surface area contributed by atoms with Crippen molar-refractivity contribution in [2.45, 2.75) is 36.5 Å². The Balaban J connectivity index is 1.34. The number of nitrogens with zero attached hydrogens (tertiary/aromatic N) is 1. The maximum absolute atomic E-state index is 13.0. The van der Waals surface area contributed by atoms with Crippen LogP contribution in [0, 0.1) is 13.8 Å². The molecule has 1 amide bonds. The highest BCUT2D eigenvalue weighted by Crippen LogP contribution is 2.27. The Morgan fingerprint density at radius 3 is 2.31 bits per heavy atom. The lowest BCUT2D eigenvalue weighted by Crippen LogP contribution is -2.28. The summed E-state index contributed by atoms with van der Waals surface area (Å²) in [5, 5.41) is 2.67. The zero-order valence-electron chi connectivity index (χ0n) is 21.6. The van der Waals surface area contributed by atoms with E-state index < -0.39 is 26.0 Å². The molecule has 39 heavy (non-hydrogen) atoms. The fraction of sp³-hybridized carbons (Fsp3) is 0.296. The van der Waals surface area contributed by atoms with Crippen LogP contribution in [0.2, 0.25) is 5.02 Å². The van der Waals surface area contributed by atoms with Crippen molar-refractivity contribution in [3.8, 4) is 5.75 Å². The molecule has 0 saturated carbocycles. The van der Waals surface area contributed by atoms with Crippen LogP contribution >= 0.6 is 11.6 Å². The molecule has 1 heterocycles. The number of benzene rings is 3. The molecule has 9 nitrogen and oxygen atoms in total. The molecule has 0 unspecified atom stereocenters. The summed E-state index contributed by atoms with van der Waals surface area (Å²) in [4.78, 5) is 12.7. The summed E-state index contributed by atoms with van der Waals surface area (Å²) in [6.45, 7) is 5.03. The van der Waals surface area contributed by atoms with E-state index in [0.717, 1.165) is 24.0 Å². The second kappa shape index (κ2) is 12.0. The number of hydrogen-bond donors (Lipinski definition) is 2. The van der Waals surface area contributed by atoms with Crippen LogP contribution in [-0.2, 0) is 20.0 Å². The van der Waals surface area contributed by atoms with Crippen molar-refractivity contribution in [2.24, 2.45) is 0 Å². The van der Waals surface area contributed by atoms with Gasteiger partial charge in [0.1, 0.15) is 17.3 Å². The first kappa shape index (κ1) is 28.9. The van der Waals surface area contributed by atoms with E-state index in [0.29, 0.717) is 24.5 Å². The molecule has 0 atom stereocenters. The maximum atomic E-state index is 13.0. The number of nitrogens with one attached hydrogen (secondary N) is 2. The molecule has 3 aromatic rings. The lowest BCUT2D eigenvalue weighted by Gasteiger charge is -2.15. The van der Waals surface area contributed by atoms with Gasteiger partial charge in [0.2, 0.25) is 10.0 Å². The van der Waals surface area contributed by atoms with Crippen LogP contribution in [0.4, 0.5) is 5.69 Å². The van der Waals surface area contributed by atoms with Crippen LogP contribution < -0.4 is 14.8 Å². The van der Waals surface area contributed by atoms with E-state index >= 15 is 0 Å². The molecule has 0 spiro atoms. The molecule has 1 fully saturated rings. The van der Waals surface area contributed by atoms with E-state index in [9.17, 15) is 21.6 Å². The highest BCUT2D eigenvalue weighted by atomic mass is 35.5. The number of anilines is 1. The Morgan fingerprint density at radius 1 is 0.949 bits per heavy atom. The van der Waals surface area contributed by atoms with Gasteiger partial charge in [-0.15, -0.1) is 0 Å². The molecule has 0 aliphatic carbocycles. The van der Waals surface area contributed by atoms with Gasteiger partial charge in [0.05, 0.1) is 22.2 Å². The van der Waals surface area contributed by atoms with Crippen LogP contribution in [0.15, 0.2) is 70.5 Å². The van der Waals surface area contributed by atoms with E-state index in [4.69, 9.17) is 16.3 Å². The number of hydrogen-bond acceptors (Lipinski definition) is 6. The summed E-state index contributed by atoms with van der Waals surface area (Å²) < 4.78 is 60.9. The zero-order chi connectivity index (χ0) is 28.2. The molecular weight excluding hydrogens is 562 g/mol. The van der Waals surface area contributed by atoms with Crippen molar-refractivity contribution in [1.82, 2.24) is 9.62 Å². The molecule has 0 radical (unpaired) electrons. The van der Waals surface area contributed by atoms with E-state index in [1.54, 1.807) is 31.2 Å². The number of rotatable bonds is 10. The summed E-state index contributed by atoms with van der Waals surface area (Å²) in [5.41, 5.74) is 2.30. The summed E-state index contributed by atoms with van der Waals surface area (Å²) >= 11 is 6.18. The number of ether oxygens (including phenoxy) is 1. The van der Waals surface area contributed by atoms with Crippen molar-refractivity contribution in [2.75, 3.05) is 31.0 Å². The van der Waals surface area contributed by atoms with Gasteiger partial charge in [-0.05, 0) is 80.8 Å². The molecule has 2 N–H and O–H groups in total. The first-order valence-electron chi connectivity index (χ1n) is 12.4. The molecule has 3 aromatic carbocycles. The molecule has 12 heteroatoms. The molecule has 1 aliphatic heterocycles. The molecule has 0 aromatic heterocycles. The van der Waals surface area contributed by atoms with Crippen LogP contribution in [0.3, 0.4) is 0 Å². The molecular formula is C27H30ClN3O6S2. The van der Waals surface area contributed by atoms with Gasteiger partial charge >= 0.3 is 0 Å². The second-order valence-electron chi connectivity index (χ2n) is 9.26. The minimum absolute atomic E-state index is 0.0117. The zero-order valence-corrected chi connectivity index (χ0v) is 24.0. The van der Waals surface area contributed by atoms with E-state index in [-0.39, 0.29) is 33.5 Å². The topological polar surface area (TPSA) is 122 Å². The number of carbonyl (C=O) groups is 1. The van der Waals surface area contributed by atoms with Gasteiger partial charge in [-0.2, -0.15) is 4.31 Å². The number of carbonyl (C=O) groups excluding carboxylic acids is 1. The SMILES string of the molecule is Cc1ccc(NS(=O)(=O)c2cc(C(=O)NCCOc3ccc(S(=O)(=O)N4CCCC4)cc3)ccc2Cl)c(C)c1. The molecule has 208 valence electrons. The molecule has 0 bridgehead atoms. The third-order valence-electron chi connectivity index (χ3n) is 6.29. The van der Waals surface area contributed by atoms with Crippen LogP contribution in [0.5, 0.6) is 5.75 Å². The van der Waals surface area contributed by atoms with E-state index in [1.165, 1.54) is 34.6 Å². The normalized spacial score (nSPS) is 14.2. The van der Waals surface area contributed by atoms with Gasteiger partial charge in [0, 0.05) is 18.7 Å². The van der Waals surface area contributed by atoms with Crippen molar-refractivity contribution >= 4 is 43.2 Å². The Kier molecular flexibility index (Phi) is 8.85. The van der Waals surface area contributed by atoms with Crippen molar-refractivity contribution < 1.29 is 26.4 Å². The first-order valence-corrected chi connectivity index (χ1v) is 15.7. The second-order valence-corrected chi connectivity index (χ2v) is 13.3. The average molecular weight is 592 g/mol. The minimum atomic E-state index is -4.05. The Bertz CT molecular complexity index is 1570. The minimum Gasteiger partial charge on any atom is -0.492 e. The van der Waals surface area contributed by atoms with E-state index in [1.807, 2.05) is 13.0 Å². The third-order valence-corrected chi connectivity index (χ3v) is 10.1. The fourth-order valence-electron chi connectivity index (χ4n) is 4.20. The summed E-state index contributed by atoms with van der Waals surface area (Å²) in [7, 11) is -7.55. The first-order chi connectivity index (χ1) is 18.5. The Hall–Kier alpha value is -3.12. The number of aryl methyl sites for hydroxylation is 2. The van der Waals surface area contributed by atoms with E-state index in [2.05, 4.69) is 10.0 Å². The quantitative estimate of drug-likeness (QED) is 0.338. The predicted molar refractivity (Wildman–Crippen MR) is 150 cm³/mol. The number of halogens is 1. The van der Waals surface area contributed by atoms with Gasteiger partial charge in [-0.25, -0.2) is 16.8 Å². The largest absolute Gasteiger partial charge is 0.492 e. The van der Waals surface area contributed by atoms with Gasteiger partial charge < -0.3 is 10.1 Å². The van der Waals surface area contributed by atoms with Crippen LogP contribution in [0.1, 0.15) is 34.3 Å². The van der Waals surface area contributed by atoms with Crippen LogP contribution in [-0.4, -0.2) is 53.3 Å². The van der Waals surface area contributed by atoms with Crippen molar-refractivity contribution in [3.63, 3.8) is 0 Å². The maximum Gasteiger partial charge on any atom is 0.263 e. The summed E-state index contributed by atoms with van der Waals surface area (Å²) in [6, 6.07) is 15.5. The van der Waals surface area contributed by atoms with Crippen LogP contribution in [0.25, 0.3) is 0 Å². The highest BCUT2D eigenvalue weighted by Gasteiger charge is 2.27. The smallest absolute Gasteiger partial charge is 0.263 e. The monoisotopic (exact) mass is 591 g/mol. The number of amides is 1. The summed E-state index contributed by atoms with van der Waals surface area (Å²) in [5.74, 6) is -0.0349. The number of sulfonamides is 2. The van der Waals surface area contributed by atoms with Gasteiger partial charge in [0.15, 0.2) is 0 Å². The molecule has 1 saturated heterocycles. The molecule has 1 aliphatic rings. The lowest BCUT2D eigenvalue weighted by molar-refractivity contribution is 0.0946. The van der Waals surface area contributed by atoms with Gasteiger partial charge in [-0.1, -0.05) is 29.3 Å². The summed E-state index contributed by atoms with van der Waals surface area (Å²) in [6.07, 6.45) is 1.73. The molecule has 4 rings (SSSR count). The Labute approximate surface area is 234 Å². The fourth-order valence-corrected chi connectivity index (χ4v) is 7.37. The average Bonchev–Trinajstić information content (AvgIpc) is 3.45.